The molecule has 0 saturated carbocycles. The molecule has 8 heteroatoms. The summed E-state index contributed by atoms with van der Waals surface area (Å²) in [5.41, 5.74) is 0.193. The molecule has 20 heavy (non-hydrogen) atoms. The van der Waals surface area contributed by atoms with Crippen LogP contribution in [0.4, 0.5) is 11.5 Å². The molecule has 0 saturated heterocycles. The van der Waals surface area contributed by atoms with Crippen LogP contribution in [0.1, 0.15) is 21.5 Å². The van der Waals surface area contributed by atoms with Crippen molar-refractivity contribution < 1.29 is 9.72 Å². The second-order valence-corrected chi connectivity index (χ2v) is 3.95. The molecular weight excluding hydrogens is 262 g/mol. The molecular formula is C12H9N5O3. The molecule has 100 valence electrons. The Morgan fingerprint density at radius 1 is 1.55 bits per heavy atom. The third-order valence-corrected chi connectivity index (χ3v) is 2.66. The number of nitrogens with one attached hydrogen (secondary N) is 2. The van der Waals surface area contributed by atoms with Gasteiger partial charge in [0.25, 0.3) is 11.6 Å². The van der Waals surface area contributed by atoms with Gasteiger partial charge in [-0.3, -0.25) is 20.0 Å². The molecule has 0 aliphatic heterocycles. The van der Waals surface area contributed by atoms with Gasteiger partial charge in [-0.2, -0.15) is 10.4 Å². The van der Waals surface area contributed by atoms with E-state index < -0.39 is 10.8 Å². The van der Waals surface area contributed by atoms with E-state index in [0.29, 0.717) is 5.56 Å². The summed E-state index contributed by atoms with van der Waals surface area (Å²) in [5.74, 6) is -0.575. The van der Waals surface area contributed by atoms with Gasteiger partial charge in [-0.25, -0.2) is 0 Å². The molecule has 0 aliphatic carbocycles. The Kier molecular flexibility index (Phi) is 3.43. The number of amides is 1. The molecule has 1 aromatic heterocycles. The summed E-state index contributed by atoms with van der Waals surface area (Å²) in [7, 11) is 0. The van der Waals surface area contributed by atoms with Gasteiger partial charge in [0, 0.05) is 5.56 Å². The highest BCUT2D eigenvalue weighted by Gasteiger charge is 2.23. The number of hydrogen-bond acceptors (Lipinski definition) is 5. The number of hydrogen-bond donors (Lipinski definition) is 2. The van der Waals surface area contributed by atoms with E-state index in [4.69, 9.17) is 5.26 Å². The van der Waals surface area contributed by atoms with Crippen LogP contribution in [0.5, 0.6) is 0 Å². The minimum atomic E-state index is -0.679. The summed E-state index contributed by atoms with van der Waals surface area (Å²) < 4.78 is 0. The van der Waals surface area contributed by atoms with Crippen LogP contribution >= 0.6 is 0 Å². The van der Waals surface area contributed by atoms with Crippen LogP contribution in [0, 0.1) is 28.4 Å². The van der Waals surface area contributed by atoms with Gasteiger partial charge in [0.1, 0.15) is 23.0 Å². The van der Waals surface area contributed by atoms with E-state index >= 15 is 0 Å². The minimum absolute atomic E-state index is 0.0755. The highest BCUT2D eigenvalue weighted by molar-refractivity contribution is 6.07. The standard InChI is InChI=1S/C12H9N5O3/c1-7-3-2-4-9(10(7)17(19)20)12(18)15-11-8(5-13)6-14-16-11/h2-4,6H,1H3,(H2,14,15,16,18). The molecule has 2 rings (SSSR count). The molecule has 0 unspecified atom stereocenters. The fourth-order valence-electron chi connectivity index (χ4n) is 1.73. The van der Waals surface area contributed by atoms with Crippen molar-refractivity contribution in [3.63, 3.8) is 0 Å². The molecule has 0 aliphatic rings. The summed E-state index contributed by atoms with van der Waals surface area (Å²) in [5, 5.41) is 28.3. The van der Waals surface area contributed by atoms with E-state index in [-0.39, 0.29) is 22.6 Å². The van der Waals surface area contributed by atoms with Crippen molar-refractivity contribution in [1.82, 2.24) is 10.2 Å². The predicted octanol–water partition coefficient (Wildman–Crippen LogP) is 1.75. The molecule has 1 heterocycles. The fourth-order valence-corrected chi connectivity index (χ4v) is 1.73. The summed E-state index contributed by atoms with van der Waals surface area (Å²) in [6.07, 6.45) is 1.25. The molecule has 0 atom stereocenters. The number of carbonyl (C=O) groups is 1. The third kappa shape index (κ3) is 2.32. The van der Waals surface area contributed by atoms with Crippen molar-refractivity contribution in [3.8, 4) is 6.07 Å². The SMILES string of the molecule is Cc1cccc(C(=O)Nc2[nH]ncc2C#N)c1[N+](=O)[O-]. The van der Waals surface area contributed by atoms with E-state index in [1.165, 1.54) is 12.3 Å². The topological polar surface area (TPSA) is 125 Å². The van der Waals surface area contributed by atoms with Crippen molar-refractivity contribution in [1.29, 1.82) is 5.26 Å². The molecule has 1 aromatic carbocycles. The minimum Gasteiger partial charge on any atom is -0.306 e. The molecule has 2 aromatic rings. The third-order valence-electron chi connectivity index (χ3n) is 2.66. The zero-order valence-electron chi connectivity index (χ0n) is 10.4. The number of carbonyl (C=O) groups excluding carboxylic acids is 1. The van der Waals surface area contributed by atoms with Gasteiger partial charge in [0.15, 0.2) is 0 Å². The zero-order chi connectivity index (χ0) is 14.7. The quantitative estimate of drug-likeness (QED) is 0.649. The average Bonchev–Trinajstić information content (AvgIpc) is 2.85. The number of para-hydroxylation sites is 1. The Morgan fingerprint density at radius 2 is 2.30 bits per heavy atom. The normalized spacial score (nSPS) is 9.80. The van der Waals surface area contributed by atoms with Gasteiger partial charge in [-0.1, -0.05) is 12.1 Å². The molecule has 0 spiro atoms. The van der Waals surface area contributed by atoms with Crippen LogP contribution in [-0.4, -0.2) is 21.0 Å². The second kappa shape index (κ2) is 5.19. The molecule has 0 fully saturated rings. The van der Waals surface area contributed by atoms with Crippen LogP contribution < -0.4 is 5.32 Å². The number of nitro benzene ring substituents is 1. The average molecular weight is 271 g/mol. The number of aromatic amines is 1. The first kappa shape index (κ1) is 13.2. The number of H-pyrrole nitrogens is 1. The zero-order valence-corrected chi connectivity index (χ0v) is 10.4. The molecule has 0 bridgehead atoms. The Morgan fingerprint density at radius 3 is 2.95 bits per heavy atom. The maximum Gasteiger partial charge on any atom is 0.285 e. The molecule has 8 nitrogen and oxygen atoms in total. The lowest BCUT2D eigenvalue weighted by molar-refractivity contribution is -0.385. The van der Waals surface area contributed by atoms with Crippen molar-refractivity contribution in [2.45, 2.75) is 6.92 Å². The van der Waals surface area contributed by atoms with Crippen molar-refractivity contribution in [2.75, 3.05) is 5.32 Å². The Hall–Kier alpha value is -3.21. The Labute approximate surface area is 113 Å². The molecule has 1 amide bonds. The lowest BCUT2D eigenvalue weighted by Gasteiger charge is -2.05. The second-order valence-electron chi connectivity index (χ2n) is 3.95. The van der Waals surface area contributed by atoms with E-state index in [9.17, 15) is 14.9 Å². The number of benzene rings is 1. The summed E-state index contributed by atoms with van der Waals surface area (Å²) in [4.78, 5) is 22.5. The highest BCUT2D eigenvalue weighted by Crippen LogP contribution is 2.24. The first-order valence-electron chi connectivity index (χ1n) is 5.53. The number of aryl methyl sites for hydroxylation is 1. The largest absolute Gasteiger partial charge is 0.306 e. The summed E-state index contributed by atoms with van der Waals surface area (Å²) in [6, 6.07) is 6.29. The maximum absolute atomic E-state index is 12.1. The molecule has 0 radical (unpaired) electrons. The number of anilines is 1. The number of nitrogens with zero attached hydrogens (tertiary/aromatic N) is 3. The highest BCUT2D eigenvalue weighted by atomic mass is 16.6. The van der Waals surface area contributed by atoms with E-state index in [2.05, 4.69) is 15.5 Å². The summed E-state index contributed by atoms with van der Waals surface area (Å²) >= 11 is 0. The first-order chi connectivity index (χ1) is 9.54. The number of nitro groups is 1. The van der Waals surface area contributed by atoms with Crippen molar-refractivity contribution in [2.24, 2.45) is 0 Å². The lowest BCUT2D eigenvalue weighted by atomic mass is 10.1. The van der Waals surface area contributed by atoms with Gasteiger partial charge >= 0.3 is 0 Å². The summed E-state index contributed by atoms with van der Waals surface area (Å²) in [6.45, 7) is 1.55. The van der Waals surface area contributed by atoms with Gasteiger partial charge in [0.05, 0.1) is 11.1 Å². The predicted molar refractivity (Wildman–Crippen MR) is 69.1 cm³/mol. The van der Waals surface area contributed by atoms with E-state index in [1.54, 1.807) is 19.1 Å². The maximum atomic E-state index is 12.1. The Balaban J connectivity index is 2.38. The van der Waals surface area contributed by atoms with Crippen LogP contribution in [0.3, 0.4) is 0 Å². The van der Waals surface area contributed by atoms with Crippen LogP contribution in [-0.2, 0) is 0 Å². The van der Waals surface area contributed by atoms with Gasteiger partial charge in [-0.05, 0) is 13.0 Å². The van der Waals surface area contributed by atoms with E-state index in [0.717, 1.165) is 0 Å². The van der Waals surface area contributed by atoms with E-state index in [1.807, 2.05) is 6.07 Å². The monoisotopic (exact) mass is 271 g/mol. The van der Waals surface area contributed by atoms with Crippen LogP contribution in [0.25, 0.3) is 0 Å². The van der Waals surface area contributed by atoms with Gasteiger partial charge < -0.3 is 5.32 Å². The lowest BCUT2D eigenvalue weighted by Crippen LogP contribution is -2.15. The number of aromatic nitrogens is 2. The fraction of sp³-hybridized carbons (Fsp3) is 0.0833. The number of rotatable bonds is 3. The smallest absolute Gasteiger partial charge is 0.285 e. The Bertz CT molecular complexity index is 729. The van der Waals surface area contributed by atoms with Crippen molar-refractivity contribution >= 4 is 17.4 Å². The van der Waals surface area contributed by atoms with Crippen molar-refractivity contribution in [3.05, 3.63) is 51.2 Å². The molecule has 2 N–H and O–H groups in total. The number of nitriles is 1. The first-order valence-corrected chi connectivity index (χ1v) is 5.53. The van der Waals surface area contributed by atoms with Gasteiger partial charge in [0.2, 0.25) is 0 Å². The van der Waals surface area contributed by atoms with Crippen LogP contribution in [0.15, 0.2) is 24.4 Å². The van der Waals surface area contributed by atoms with Gasteiger partial charge in [-0.15, -0.1) is 0 Å². The van der Waals surface area contributed by atoms with Crippen LogP contribution in [0.2, 0.25) is 0 Å².